The number of fused-ring (bicyclic) bond motifs is 1. The number of amides is 2. The molecule has 0 aromatic carbocycles. The maximum absolute atomic E-state index is 12.8. The van der Waals surface area contributed by atoms with Crippen molar-refractivity contribution in [1.82, 2.24) is 29.7 Å². The topological polar surface area (TPSA) is 170 Å². The number of hydrogen-bond donors (Lipinski definition) is 3. The molecule has 150 valence electrons. The highest BCUT2D eigenvalue weighted by molar-refractivity contribution is 8.03. The SMILES string of the molecule is CN(C)CCC(=O)Nc1nn(C(N)=O)c2c(=O)n(C3=CSC(CO)O3)nnc12. The molecule has 4 N–H and O–H groups in total. The second-order valence-corrected chi connectivity index (χ2v) is 7.06. The maximum Gasteiger partial charge on any atom is 0.340 e. The first kappa shape index (κ1) is 19.8. The molecule has 2 aromatic rings. The summed E-state index contributed by atoms with van der Waals surface area (Å²) in [7, 11) is 3.63. The fraction of sp³-hybridized carbons (Fsp3) is 0.429. The van der Waals surface area contributed by atoms with E-state index in [-0.39, 0.29) is 41.7 Å². The van der Waals surface area contributed by atoms with E-state index in [0.717, 1.165) is 16.4 Å². The minimum absolute atomic E-state index is 0.0391. The predicted molar refractivity (Wildman–Crippen MR) is 100 cm³/mol. The number of ether oxygens (including phenoxy) is 1. The van der Waals surface area contributed by atoms with Gasteiger partial charge < -0.3 is 25.8 Å². The Morgan fingerprint density at radius 1 is 1.46 bits per heavy atom. The first-order chi connectivity index (χ1) is 13.3. The lowest BCUT2D eigenvalue weighted by atomic mass is 10.3. The van der Waals surface area contributed by atoms with E-state index in [1.165, 1.54) is 5.41 Å². The number of nitrogens with zero attached hydrogens (tertiary/aromatic N) is 6. The third kappa shape index (κ3) is 3.83. The van der Waals surface area contributed by atoms with Crippen molar-refractivity contribution < 1.29 is 19.4 Å². The van der Waals surface area contributed by atoms with Crippen LogP contribution in [0.25, 0.3) is 16.9 Å². The standard InChI is InChI=1S/C14H18N8O5S/c1-20(2)4-3-7(24)16-12-10-11(22(18-12)14(15)26)13(25)21(19-17-10)8-6-28-9(5-23)27-8/h6,9,23H,3-5H2,1-2H3,(H2,15,26)(H,16,18,24). The van der Waals surface area contributed by atoms with Gasteiger partial charge in [-0.05, 0) is 14.1 Å². The number of nitrogens with one attached hydrogen (secondary N) is 1. The number of hydrogen-bond acceptors (Lipinski definition) is 10. The highest BCUT2D eigenvalue weighted by Gasteiger charge is 2.26. The normalized spacial score (nSPS) is 16.3. The number of carbonyl (C=O) groups is 2. The van der Waals surface area contributed by atoms with Crippen LogP contribution in [-0.2, 0) is 9.53 Å². The lowest BCUT2D eigenvalue weighted by Gasteiger charge is -2.09. The number of primary amides is 1. The number of thioether (sulfide) groups is 1. The number of aliphatic hydroxyl groups excluding tert-OH is 1. The Morgan fingerprint density at radius 2 is 2.21 bits per heavy atom. The second-order valence-electron chi connectivity index (χ2n) is 6.03. The first-order valence-electron chi connectivity index (χ1n) is 8.08. The Morgan fingerprint density at radius 3 is 2.82 bits per heavy atom. The van der Waals surface area contributed by atoms with Crippen molar-refractivity contribution in [2.24, 2.45) is 5.73 Å². The molecule has 14 heteroatoms. The monoisotopic (exact) mass is 410 g/mol. The minimum atomic E-state index is -1.03. The number of aliphatic hydroxyl groups is 1. The molecule has 0 radical (unpaired) electrons. The van der Waals surface area contributed by atoms with Crippen LogP contribution in [0.4, 0.5) is 10.6 Å². The molecule has 2 aromatic heterocycles. The van der Waals surface area contributed by atoms with Crippen molar-refractivity contribution in [3.05, 3.63) is 15.8 Å². The van der Waals surface area contributed by atoms with Gasteiger partial charge in [0, 0.05) is 18.4 Å². The van der Waals surface area contributed by atoms with Gasteiger partial charge in [-0.25, -0.2) is 4.79 Å². The average Bonchev–Trinajstić information content (AvgIpc) is 3.26. The fourth-order valence-corrected chi connectivity index (χ4v) is 3.00. The Balaban J connectivity index is 2.00. The number of carbonyl (C=O) groups excluding carboxylic acids is 2. The van der Waals surface area contributed by atoms with E-state index in [1.807, 2.05) is 19.0 Å². The molecule has 0 saturated heterocycles. The number of rotatable bonds is 6. The molecule has 2 amide bonds. The molecule has 0 spiro atoms. The van der Waals surface area contributed by atoms with Gasteiger partial charge in [0.2, 0.25) is 11.8 Å². The third-order valence-corrected chi connectivity index (χ3v) is 4.56. The second kappa shape index (κ2) is 7.95. The largest absolute Gasteiger partial charge is 0.460 e. The van der Waals surface area contributed by atoms with E-state index in [4.69, 9.17) is 15.6 Å². The molecule has 13 nitrogen and oxygen atoms in total. The van der Waals surface area contributed by atoms with Crippen LogP contribution in [-0.4, -0.2) is 79.4 Å². The van der Waals surface area contributed by atoms with Gasteiger partial charge in [0.25, 0.3) is 0 Å². The number of aromatic nitrogens is 5. The van der Waals surface area contributed by atoms with Crippen LogP contribution in [0.1, 0.15) is 6.42 Å². The number of nitrogens with two attached hydrogens (primary N) is 1. The van der Waals surface area contributed by atoms with Gasteiger partial charge in [-0.2, -0.15) is 4.68 Å². The summed E-state index contributed by atoms with van der Waals surface area (Å²) >= 11 is 1.15. The van der Waals surface area contributed by atoms with Crippen molar-refractivity contribution in [3.8, 4) is 0 Å². The zero-order valence-electron chi connectivity index (χ0n) is 15.0. The molecule has 1 unspecified atom stereocenters. The average molecular weight is 410 g/mol. The Hall–Kier alpha value is -2.97. The van der Waals surface area contributed by atoms with Crippen LogP contribution in [0.2, 0.25) is 0 Å². The summed E-state index contributed by atoms with van der Waals surface area (Å²) in [6.07, 6.45) is 0.170. The highest BCUT2D eigenvalue weighted by Crippen LogP contribution is 2.28. The minimum Gasteiger partial charge on any atom is -0.460 e. The van der Waals surface area contributed by atoms with Gasteiger partial charge in [0.15, 0.2) is 22.3 Å². The molecule has 0 bridgehead atoms. The summed E-state index contributed by atoms with van der Waals surface area (Å²) in [4.78, 5) is 38.5. The van der Waals surface area contributed by atoms with Crippen molar-refractivity contribution in [2.75, 3.05) is 32.6 Å². The van der Waals surface area contributed by atoms with Gasteiger partial charge in [0.05, 0.1) is 6.61 Å². The lowest BCUT2D eigenvalue weighted by molar-refractivity contribution is -0.116. The summed E-state index contributed by atoms with van der Waals surface area (Å²) in [6.45, 7) is 0.228. The van der Waals surface area contributed by atoms with Gasteiger partial charge in [-0.3, -0.25) is 9.59 Å². The predicted octanol–water partition coefficient (Wildman–Crippen LogP) is -1.36. The molecule has 0 saturated carbocycles. The van der Waals surface area contributed by atoms with Crippen molar-refractivity contribution in [2.45, 2.75) is 11.9 Å². The van der Waals surface area contributed by atoms with Crippen molar-refractivity contribution in [1.29, 1.82) is 0 Å². The van der Waals surface area contributed by atoms with Crippen LogP contribution in [0, 0.1) is 0 Å². The molecule has 3 heterocycles. The van der Waals surface area contributed by atoms with Gasteiger partial charge in [-0.15, -0.1) is 14.9 Å². The van der Waals surface area contributed by atoms with Crippen LogP contribution in [0.3, 0.4) is 0 Å². The summed E-state index contributed by atoms with van der Waals surface area (Å²) in [5, 5.41) is 24.7. The molecule has 1 aliphatic heterocycles. The Bertz CT molecular complexity index is 1010. The van der Waals surface area contributed by atoms with Gasteiger partial charge >= 0.3 is 11.6 Å². The van der Waals surface area contributed by atoms with E-state index in [2.05, 4.69) is 20.7 Å². The summed E-state index contributed by atoms with van der Waals surface area (Å²) in [6, 6.07) is -1.03. The van der Waals surface area contributed by atoms with Gasteiger partial charge in [0.1, 0.15) is 0 Å². The van der Waals surface area contributed by atoms with Crippen LogP contribution >= 0.6 is 11.8 Å². The smallest absolute Gasteiger partial charge is 0.340 e. The molecular formula is C14H18N8O5S. The molecule has 0 fully saturated rings. The molecule has 28 heavy (non-hydrogen) atoms. The van der Waals surface area contributed by atoms with Crippen LogP contribution in [0.15, 0.2) is 10.2 Å². The summed E-state index contributed by atoms with van der Waals surface area (Å²) in [5.74, 6) is -0.435. The molecule has 0 aliphatic carbocycles. The van der Waals surface area contributed by atoms with E-state index in [1.54, 1.807) is 0 Å². The summed E-state index contributed by atoms with van der Waals surface area (Å²) < 4.78 is 6.84. The highest BCUT2D eigenvalue weighted by atomic mass is 32.2. The zero-order valence-corrected chi connectivity index (χ0v) is 15.8. The van der Waals surface area contributed by atoms with E-state index in [0.29, 0.717) is 11.2 Å². The van der Waals surface area contributed by atoms with E-state index in [9.17, 15) is 14.4 Å². The zero-order chi connectivity index (χ0) is 20.4. The Kier molecular flexibility index (Phi) is 5.62. The lowest BCUT2D eigenvalue weighted by Crippen LogP contribution is -2.29. The quantitative estimate of drug-likeness (QED) is 0.517. The fourth-order valence-electron chi connectivity index (χ4n) is 2.34. The van der Waals surface area contributed by atoms with E-state index < -0.39 is 17.0 Å². The Labute approximate surface area is 162 Å². The first-order valence-corrected chi connectivity index (χ1v) is 9.02. The molecule has 1 atom stereocenters. The third-order valence-electron chi connectivity index (χ3n) is 3.67. The number of anilines is 1. The maximum atomic E-state index is 12.8. The molecule has 3 rings (SSSR count). The van der Waals surface area contributed by atoms with Crippen molar-refractivity contribution >= 4 is 46.4 Å². The van der Waals surface area contributed by atoms with Crippen molar-refractivity contribution in [3.63, 3.8) is 0 Å². The molecule has 1 aliphatic rings. The summed E-state index contributed by atoms with van der Waals surface area (Å²) in [5.41, 5.74) is 3.62. The van der Waals surface area contributed by atoms with E-state index >= 15 is 0 Å². The van der Waals surface area contributed by atoms with Crippen LogP contribution < -0.4 is 16.6 Å². The van der Waals surface area contributed by atoms with Crippen LogP contribution in [0.5, 0.6) is 0 Å². The molecular weight excluding hydrogens is 392 g/mol. The van der Waals surface area contributed by atoms with Gasteiger partial charge in [-0.1, -0.05) is 17.0 Å².